The van der Waals surface area contributed by atoms with E-state index in [4.69, 9.17) is 4.98 Å². The Kier molecular flexibility index (Phi) is 4.15. The number of anilines is 1. The summed E-state index contributed by atoms with van der Waals surface area (Å²) in [5, 5.41) is 3.57. The molecule has 0 aliphatic carbocycles. The van der Waals surface area contributed by atoms with Gasteiger partial charge in [-0.15, -0.1) is 0 Å². The molecule has 1 saturated heterocycles. The monoisotopic (exact) mass is 286 g/mol. The molecule has 21 heavy (non-hydrogen) atoms. The van der Waals surface area contributed by atoms with Gasteiger partial charge in [-0.3, -0.25) is 0 Å². The second kappa shape index (κ2) is 6.06. The van der Waals surface area contributed by atoms with Gasteiger partial charge in [-0.2, -0.15) is 0 Å². The van der Waals surface area contributed by atoms with Crippen LogP contribution in [0.25, 0.3) is 5.65 Å². The van der Waals surface area contributed by atoms with Gasteiger partial charge in [0, 0.05) is 25.8 Å². The number of imidazole rings is 1. The van der Waals surface area contributed by atoms with E-state index in [2.05, 4.69) is 59.8 Å². The topological polar surface area (TPSA) is 32.6 Å². The lowest BCUT2D eigenvalue weighted by Gasteiger charge is -2.18. The molecule has 114 valence electrons. The zero-order valence-electron chi connectivity index (χ0n) is 13.3. The maximum absolute atomic E-state index is 4.88. The lowest BCUT2D eigenvalue weighted by atomic mass is 10.2. The third-order valence-corrected chi connectivity index (χ3v) is 4.18. The molecule has 0 saturated carbocycles. The Balaban J connectivity index is 1.90. The third-order valence-electron chi connectivity index (χ3n) is 4.18. The summed E-state index contributed by atoms with van der Waals surface area (Å²) < 4.78 is 2.23. The minimum absolute atomic E-state index is 0.666. The van der Waals surface area contributed by atoms with Gasteiger partial charge in [0.05, 0.1) is 5.69 Å². The Morgan fingerprint density at radius 1 is 1.38 bits per heavy atom. The van der Waals surface area contributed by atoms with Gasteiger partial charge in [0.1, 0.15) is 5.65 Å². The summed E-state index contributed by atoms with van der Waals surface area (Å²) in [4.78, 5) is 7.32. The lowest BCUT2D eigenvalue weighted by Crippen LogP contribution is -2.24. The summed E-state index contributed by atoms with van der Waals surface area (Å²) in [6, 6.07) is 6.23. The number of nitrogens with zero attached hydrogens (tertiary/aromatic N) is 3. The van der Waals surface area contributed by atoms with Gasteiger partial charge in [0.2, 0.25) is 0 Å². The normalized spacial score (nSPS) is 19.0. The van der Waals surface area contributed by atoms with E-state index in [1.807, 2.05) is 0 Å². The van der Waals surface area contributed by atoms with Crippen molar-refractivity contribution >= 4 is 11.5 Å². The summed E-state index contributed by atoms with van der Waals surface area (Å²) in [6.07, 6.45) is 3.39. The number of hydrogen-bond acceptors (Lipinski definition) is 3. The van der Waals surface area contributed by atoms with Crippen LogP contribution in [0, 0.1) is 11.8 Å². The lowest BCUT2D eigenvalue weighted by molar-refractivity contribution is 0.546. The summed E-state index contributed by atoms with van der Waals surface area (Å²) in [6.45, 7) is 11.0. The maximum atomic E-state index is 4.88. The van der Waals surface area contributed by atoms with Crippen LogP contribution in [-0.4, -0.2) is 29.0 Å². The van der Waals surface area contributed by atoms with Gasteiger partial charge in [-0.1, -0.05) is 26.8 Å². The van der Waals surface area contributed by atoms with Crippen LogP contribution in [0.4, 0.5) is 5.82 Å². The third kappa shape index (κ3) is 3.05. The van der Waals surface area contributed by atoms with Crippen LogP contribution in [0.2, 0.25) is 0 Å². The van der Waals surface area contributed by atoms with Crippen molar-refractivity contribution in [3.05, 3.63) is 30.1 Å². The molecule has 1 N–H and O–H groups in total. The molecule has 2 aromatic rings. The highest BCUT2D eigenvalue weighted by molar-refractivity contribution is 5.56. The fraction of sp³-hybridized carbons (Fsp3) is 0.588. The van der Waals surface area contributed by atoms with Gasteiger partial charge >= 0.3 is 0 Å². The number of rotatable bonds is 5. The van der Waals surface area contributed by atoms with E-state index in [9.17, 15) is 0 Å². The van der Waals surface area contributed by atoms with Crippen LogP contribution in [0.15, 0.2) is 24.4 Å². The predicted molar refractivity (Wildman–Crippen MR) is 87.7 cm³/mol. The molecule has 0 spiro atoms. The van der Waals surface area contributed by atoms with Crippen molar-refractivity contribution in [3.8, 4) is 0 Å². The summed E-state index contributed by atoms with van der Waals surface area (Å²) in [5.41, 5.74) is 2.34. The molecule has 1 atom stereocenters. The predicted octanol–water partition coefficient (Wildman–Crippen LogP) is 2.93. The number of nitrogens with one attached hydrogen (secondary N) is 1. The zero-order chi connectivity index (χ0) is 14.8. The molecule has 0 radical (unpaired) electrons. The van der Waals surface area contributed by atoms with E-state index >= 15 is 0 Å². The van der Waals surface area contributed by atoms with Crippen LogP contribution in [0.1, 0.15) is 32.9 Å². The highest BCUT2D eigenvalue weighted by atomic mass is 15.2. The van der Waals surface area contributed by atoms with Crippen molar-refractivity contribution in [1.82, 2.24) is 14.7 Å². The average molecular weight is 286 g/mol. The quantitative estimate of drug-likeness (QED) is 0.917. The van der Waals surface area contributed by atoms with E-state index < -0.39 is 0 Å². The Morgan fingerprint density at radius 3 is 2.95 bits per heavy atom. The molecule has 1 fully saturated rings. The van der Waals surface area contributed by atoms with E-state index in [1.54, 1.807) is 0 Å². The first-order chi connectivity index (χ1) is 10.1. The first-order valence-corrected chi connectivity index (χ1v) is 8.06. The van der Waals surface area contributed by atoms with Crippen molar-refractivity contribution in [2.45, 2.75) is 33.7 Å². The molecule has 0 amide bonds. The summed E-state index contributed by atoms with van der Waals surface area (Å²) in [5.74, 6) is 2.60. The summed E-state index contributed by atoms with van der Waals surface area (Å²) >= 11 is 0. The standard InChI is InChI=1S/C17H26N4/c1-13(2)10-18-11-15-17(20-9-7-14(3)12-20)19-16-6-4-5-8-21(15)16/h4-6,8,13-14,18H,7,9-12H2,1-3H3. The number of pyridine rings is 1. The Hall–Kier alpha value is -1.55. The second-order valence-electron chi connectivity index (χ2n) is 6.68. The van der Waals surface area contributed by atoms with Crippen molar-refractivity contribution in [3.63, 3.8) is 0 Å². The van der Waals surface area contributed by atoms with Gasteiger partial charge in [-0.05, 0) is 36.9 Å². The molecule has 0 bridgehead atoms. The molecular weight excluding hydrogens is 260 g/mol. The fourth-order valence-corrected chi connectivity index (χ4v) is 3.06. The van der Waals surface area contributed by atoms with Crippen molar-refractivity contribution in [2.24, 2.45) is 11.8 Å². The van der Waals surface area contributed by atoms with E-state index in [1.165, 1.54) is 17.9 Å². The molecule has 0 aromatic carbocycles. The van der Waals surface area contributed by atoms with E-state index in [-0.39, 0.29) is 0 Å². The van der Waals surface area contributed by atoms with Gasteiger partial charge in [-0.25, -0.2) is 4.98 Å². The summed E-state index contributed by atoms with van der Waals surface area (Å²) in [7, 11) is 0. The Morgan fingerprint density at radius 2 is 2.24 bits per heavy atom. The van der Waals surface area contributed by atoms with Gasteiger partial charge in [0.25, 0.3) is 0 Å². The molecule has 4 heteroatoms. The van der Waals surface area contributed by atoms with Crippen molar-refractivity contribution in [2.75, 3.05) is 24.5 Å². The maximum Gasteiger partial charge on any atom is 0.152 e. The molecule has 1 aliphatic heterocycles. The second-order valence-corrected chi connectivity index (χ2v) is 6.68. The van der Waals surface area contributed by atoms with Crippen LogP contribution in [0.5, 0.6) is 0 Å². The molecule has 1 unspecified atom stereocenters. The minimum Gasteiger partial charge on any atom is -0.355 e. The molecule has 1 aliphatic rings. The smallest absolute Gasteiger partial charge is 0.152 e. The Labute approximate surface area is 127 Å². The highest BCUT2D eigenvalue weighted by Crippen LogP contribution is 2.27. The van der Waals surface area contributed by atoms with Crippen molar-refractivity contribution in [1.29, 1.82) is 0 Å². The molecular formula is C17H26N4. The van der Waals surface area contributed by atoms with Crippen LogP contribution >= 0.6 is 0 Å². The van der Waals surface area contributed by atoms with E-state index in [0.29, 0.717) is 5.92 Å². The molecule has 2 aromatic heterocycles. The molecule has 3 heterocycles. The Bertz CT molecular complexity index is 602. The van der Waals surface area contributed by atoms with Gasteiger partial charge < -0.3 is 14.6 Å². The average Bonchev–Trinajstić information content (AvgIpc) is 3.03. The first-order valence-electron chi connectivity index (χ1n) is 8.06. The zero-order valence-corrected chi connectivity index (χ0v) is 13.3. The fourth-order valence-electron chi connectivity index (χ4n) is 3.06. The molecule has 3 rings (SSSR count). The SMILES string of the molecule is CC(C)CNCc1c(N2CCC(C)C2)nc2ccccn12. The number of aromatic nitrogens is 2. The van der Waals surface area contributed by atoms with Crippen LogP contribution < -0.4 is 10.2 Å². The number of fused-ring (bicyclic) bond motifs is 1. The largest absolute Gasteiger partial charge is 0.355 e. The first kappa shape index (κ1) is 14.4. The minimum atomic E-state index is 0.666. The molecule has 4 nitrogen and oxygen atoms in total. The van der Waals surface area contributed by atoms with Gasteiger partial charge in [0.15, 0.2) is 5.82 Å². The van der Waals surface area contributed by atoms with Crippen LogP contribution in [0.3, 0.4) is 0 Å². The van der Waals surface area contributed by atoms with E-state index in [0.717, 1.165) is 37.7 Å². The highest BCUT2D eigenvalue weighted by Gasteiger charge is 2.24. The van der Waals surface area contributed by atoms with Crippen LogP contribution in [-0.2, 0) is 6.54 Å². The van der Waals surface area contributed by atoms with Crippen molar-refractivity contribution < 1.29 is 0 Å². The number of hydrogen-bond donors (Lipinski definition) is 1.